The molecule has 0 atom stereocenters. The topological polar surface area (TPSA) is 92.7 Å². The number of carbonyl (C=O) groups is 1. The van der Waals surface area contributed by atoms with Crippen molar-refractivity contribution in [2.45, 2.75) is 26.8 Å². The van der Waals surface area contributed by atoms with E-state index < -0.39 is 0 Å². The summed E-state index contributed by atoms with van der Waals surface area (Å²) in [6, 6.07) is 9.50. The van der Waals surface area contributed by atoms with Crippen LogP contribution in [-0.2, 0) is 17.8 Å². The van der Waals surface area contributed by atoms with Crippen LogP contribution in [0.25, 0.3) is 10.9 Å². The van der Waals surface area contributed by atoms with E-state index in [0.29, 0.717) is 18.8 Å². The van der Waals surface area contributed by atoms with E-state index in [1.807, 2.05) is 37.3 Å². The summed E-state index contributed by atoms with van der Waals surface area (Å²) in [6.45, 7) is 4.41. The summed E-state index contributed by atoms with van der Waals surface area (Å²) in [4.78, 5) is 27.9. The molecule has 1 aromatic carbocycles. The highest BCUT2D eigenvalue weighted by molar-refractivity contribution is 5.87. The van der Waals surface area contributed by atoms with Gasteiger partial charge < -0.3 is 5.32 Å². The molecular weight excluding hydrogens is 306 g/mol. The quantitative estimate of drug-likeness (QED) is 0.734. The molecule has 0 aliphatic rings. The number of nitrogens with one attached hydrogen (secondary N) is 2. The number of para-hydroxylation sites is 1. The Hall–Kier alpha value is -2.96. The first-order valence-electron chi connectivity index (χ1n) is 7.78. The summed E-state index contributed by atoms with van der Waals surface area (Å²) in [6.07, 6.45) is 0.223. The van der Waals surface area contributed by atoms with Crippen molar-refractivity contribution in [1.29, 1.82) is 0 Å². The van der Waals surface area contributed by atoms with Gasteiger partial charge in [-0.15, -0.1) is 0 Å². The minimum absolute atomic E-state index is 0.116. The highest BCUT2D eigenvalue weighted by Gasteiger charge is 2.10. The molecular formula is C17H19N5O2. The van der Waals surface area contributed by atoms with Crippen LogP contribution in [0, 0.1) is 13.8 Å². The van der Waals surface area contributed by atoms with Crippen LogP contribution in [0.1, 0.15) is 17.1 Å². The Kier molecular flexibility index (Phi) is 4.41. The van der Waals surface area contributed by atoms with Gasteiger partial charge in [-0.05, 0) is 26.0 Å². The highest BCUT2D eigenvalue weighted by Crippen LogP contribution is 2.15. The molecule has 3 aromatic rings. The minimum atomic E-state index is -0.290. The van der Waals surface area contributed by atoms with E-state index in [1.54, 1.807) is 11.5 Å². The van der Waals surface area contributed by atoms with Crippen molar-refractivity contribution in [2.75, 3.05) is 6.54 Å². The van der Waals surface area contributed by atoms with Gasteiger partial charge in [-0.3, -0.25) is 14.5 Å². The van der Waals surface area contributed by atoms with E-state index in [2.05, 4.69) is 20.5 Å². The van der Waals surface area contributed by atoms with Crippen molar-refractivity contribution in [3.63, 3.8) is 0 Å². The normalized spacial score (nSPS) is 10.9. The smallest absolute Gasteiger partial charge is 0.348 e. The Morgan fingerprint density at radius 1 is 1.29 bits per heavy atom. The van der Waals surface area contributed by atoms with Gasteiger partial charge in [0, 0.05) is 29.9 Å². The van der Waals surface area contributed by atoms with Crippen LogP contribution < -0.4 is 11.0 Å². The minimum Gasteiger partial charge on any atom is -0.354 e. The van der Waals surface area contributed by atoms with Gasteiger partial charge in [0.1, 0.15) is 0 Å². The predicted molar refractivity (Wildman–Crippen MR) is 90.8 cm³/mol. The first kappa shape index (κ1) is 15.9. The Balaban J connectivity index is 1.60. The van der Waals surface area contributed by atoms with Crippen molar-refractivity contribution < 1.29 is 4.79 Å². The van der Waals surface area contributed by atoms with E-state index in [4.69, 9.17) is 0 Å². The van der Waals surface area contributed by atoms with Crippen molar-refractivity contribution in [1.82, 2.24) is 25.1 Å². The number of fused-ring (bicyclic) bond motifs is 1. The molecule has 0 unspecified atom stereocenters. The molecule has 0 spiro atoms. The second-order valence-electron chi connectivity index (χ2n) is 5.72. The maximum Gasteiger partial charge on any atom is 0.348 e. The largest absolute Gasteiger partial charge is 0.354 e. The van der Waals surface area contributed by atoms with Crippen molar-refractivity contribution >= 4 is 16.8 Å². The molecule has 3 rings (SSSR count). The highest BCUT2D eigenvalue weighted by atomic mass is 16.2. The lowest BCUT2D eigenvalue weighted by Gasteiger charge is -2.10. The van der Waals surface area contributed by atoms with Crippen LogP contribution in [0.5, 0.6) is 0 Å². The molecule has 0 saturated carbocycles. The van der Waals surface area contributed by atoms with Gasteiger partial charge in [-0.2, -0.15) is 10.1 Å². The maximum absolute atomic E-state index is 12.1. The predicted octanol–water partition coefficient (Wildman–Crippen LogP) is 1.10. The number of amides is 1. The lowest BCUT2D eigenvalue weighted by Crippen LogP contribution is -2.33. The van der Waals surface area contributed by atoms with Crippen LogP contribution in [0.15, 0.2) is 35.1 Å². The second kappa shape index (κ2) is 6.66. The molecule has 0 radical (unpaired) electrons. The van der Waals surface area contributed by atoms with E-state index in [1.165, 1.54) is 0 Å². The van der Waals surface area contributed by atoms with Crippen LogP contribution in [0.2, 0.25) is 0 Å². The molecule has 0 fully saturated rings. The first-order chi connectivity index (χ1) is 11.5. The third-order valence-corrected chi connectivity index (χ3v) is 3.88. The molecule has 0 saturated heterocycles. The molecule has 0 bridgehead atoms. The van der Waals surface area contributed by atoms with Crippen molar-refractivity contribution in [2.24, 2.45) is 0 Å². The number of carbonyl (C=O) groups excluding carboxylic acids is 1. The molecule has 7 nitrogen and oxygen atoms in total. The number of aryl methyl sites for hydroxylation is 2. The average molecular weight is 325 g/mol. The number of hydrogen-bond donors (Lipinski definition) is 2. The summed E-state index contributed by atoms with van der Waals surface area (Å²) in [5, 5.41) is 10.8. The lowest BCUT2D eigenvalue weighted by atomic mass is 10.1. The van der Waals surface area contributed by atoms with E-state index in [9.17, 15) is 9.59 Å². The molecule has 7 heteroatoms. The van der Waals surface area contributed by atoms with E-state index in [0.717, 1.165) is 22.3 Å². The van der Waals surface area contributed by atoms with Crippen LogP contribution >= 0.6 is 0 Å². The number of nitrogens with zero attached hydrogens (tertiary/aromatic N) is 3. The number of hydrogen-bond acceptors (Lipinski definition) is 4. The third kappa shape index (κ3) is 3.34. The van der Waals surface area contributed by atoms with Gasteiger partial charge in [0.2, 0.25) is 5.91 Å². The molecule has 0 aliphatic heterocycles. The zero-order valence-electron chi connectivity index (χ0n) is 13.7. The van der Waals surface area contributed by atoms with Gasteiger partial charge in [-0.25, -0.2) is 4.79 Å². The number of benzene rings is 1. The Morgan fingerprint density at radius 3 is 2.88 bits per heavy atom. The van der Waals surface area contributed by atoms with Gasteiger partial charge in [0.25, 0.3) is 0 Å². The number of aromatic nitrogens is 4. The van der Waals surface area contributed by atoms with Crippen LogP contribution in [0.4, 0.5) is 0 Å². The summed E-state index contributed by atoms with van der Waals surface area (Å²) >= 11 is 0. The Morgan fingerprint density at radius 2 is 2.08 bits per heavy atom. The van der Waals surface area contributed by atoms with Gasteiger partial charge in [0.15, 0.2) is 0 Å². The fourth-order valence-electron chi connectivity index (χ4n) is 2.73. The summed E-state index contributed by atoms with van der Waals surface area (Å²) in [5.41, 5.74) is 2.87. The Labute approximate surface area is 138 Å². The summed E-state index contributed by atoms with van der Waals surface area (Å²) in [5.74, 6) is -0.116. The van der Waals surface area contributed by atoms with Gasteiger partial charge in [-0.1, -0.05) is 18.2 Å². The number of H-pyrrole nitrogens is 1. The lowest BCUT2D eigenvalue weighted by molar-refractivity contribution is -0.120. The summed E-state index contributed by atoms with van der Waals surface area (Å²) < 4.78 is 1.55. The third-order valence-electron chi connectivity index (χ3n) is 3.88. The SMILES string of the molecule is Cc1cc(C)n(CCNC(=O)Cc2[nH]nc3ccccc23)c(=O)n1. The molecule has 1 amide bonds. The molecule has 2 aromatic heterocycles. The van der Waals surface area contributed by atoms with Crippen molar-refractivity contribution in [3.8, 4) is 0 Å². The standard InChI is InChI=1S/C17H19N5O2/c1-11-9-12(2)22(17(24)19-11)8-7-18-16(23)10-15-13-5-3-4-6-14(13)20-21-15/h3-6,9H,7-8,10H2,1-2H3,(H,18,23)(H,20,21). The fourth-order valence-corrected chi connectivity index (χ4v) is 2.73. The van der Waals surface area contributed by atoms with Crippen LogP contribution in [-0.4, -0.2) is 32.2 Å². The zero-order valence-corrected chi connectivity index (χ0v) is 13.7. The number of rotatable bonds is 5. The van der Waals surface area contributed by atoms with Gasteiger partial charge in [0.05, 0.1) is 17.6 Å². The Bertz CT molecular complexity index is 942. The molecule has 2 N–H and O–H groups in total. The van der Waals surface area contributed by atoms with Gasteiger partial charge >= 0.3 is 5.69 Å². The van der Waals surface area contributed by atoms with E-state index >= 15 is 0 Å². The number of aromatic amines is 1. The van der Waals surface area contributed by atoms with E-state index in [-0.39, 0.29) is 18.0 Å². The summed E-state index contributed by atoms with van der Waals surface area (Å²) in [7, 11) is 0. The maximum atomic E-state index is 12.1. The molecule has 124 valence electrons. The zero-order chi connectivity index (χ0) is 17.1. The monoisotopic (exact) mass is 325 g/mol. The first-order valence-corrected chi connectivity index (χ1v) is 7.78. The fraction of sp³-hybridized carbons (Fsp3) is 0.294. The molecule has 2 heterocycles. The molecule has 24 heavy (non-hydrogen) atoms. The second-order valence-corrected chi connectivity index (χ2v) is 5.72. The average Bonchev–Trinajstić information content (AvgIpc) is 2.93. The molecule has 0 aliphatic carbocycles. The van der Waals surface area contributed by atoms with Crippen molar-refractivity contribution in [3.05, 3.63) is 57.9 Å². The van der Waals surface area contributed by atoms with Crippen LogP contribution in [0.3, 0.4) is 0 Å².